The molecule has 1 nitrogen and oxygen atoms in total. The van der Waals surface area contributed by atoms with Crippen molar-refractivity contribution in [2.24, 2.45) is 0 Å². The Morgan fingerprint density at radius 2 is 1.65 bits per heavy atom. The third kappa shape index (κ3) is 2.38. The summed E-state index contributed by atoms with van der Waals surface area (Å²) in [7, 11) is 0. The normalized spacial score (nSPS) is 10.9. The number of hydrogen-bond acceptors (Lipinski definition) is 1. The van der Waals surface area contributed by atoms with Gasteiger partial charge in [-0.15, -0.1) is 0 Å². The molecule has 0 amide bonds. The van der Waals surface area contributed by atoms with Crippen LogP contribution in [0, 0.1) is 13.8 Å². The van der Waals surface area contributed by atoms with Crippen LogP contribution in [0.25, 0.3) is 11.3 Å². The molecule has 0 bridgehead atoms. The van der Waals surface area contributed by atoms with Gasteiger partial charge in [-0.2, -0.15) is 0 Å². The molecule has 0 aliphatic carbocycles. The Kier molecular flexibility index (Phi) is 3.28. The Balaban J connectivity index is 2.53. The molecule has 2 rings (SSSR count). The SMILES string of the molecule is Cc1cccc(-c2cccc(C(C)C)n2)c1C. The van der Waals surface area contributed by atoms with Crippen LogP contribution in [0.1, 0.15) is 36.6 Å². The highest BCUT2D eigenvalue weighted by molar-refractivity contribution is 5.65. The highest BCUT2D eigenvalue weighted by atomic mass is 14.7. The van der Waals surface area contributed by atoms with E-state index in [9.17, 15) is 0 Å². The van der Waals surface area contributed by atoms with Gasteiger partial charge in [0.25, 0.3) is 0 Å². The molecule has 0 aliphatic rings. The first-order valence-electron chi connectivity index (χ1n) is 6.13. The first kappa shape index (κ1) is 11.8. The molecular weight excluding hydrogens is 206 g/mol. The van der Waals surface area contributed by atoms with Crippen LogP contribution in [0.2, 0.25) is 0 Å². The Bertz CT molecular complexity index is 527. The number of nitrogens with zero attached hydrogens (tertiary/aromatic N) is 1. The van der Waals surface area contributed by atoms with Gasteiger partial charge >= 0.3 is 0 Å². The summed E-state index contributed by atoms with van der Waals surface area (Å²) in [6.45, 7) is 8.66. The molecule has 17 heavy (non-hydrogen) atoms. The summed E-state index contributed by atoms with van der Waals surface area (Å²) in [6, 6.07) is 12.7. The monoisotopic (exact) mass is 225 g/mol. The zero-order chi connectivity index (χ0) is 12.4. The maximum Gasteiger partial charge on any atom is 0.0708 e. The quantitative estimate of drug-likeness (QED) is 0.734. The average molecular weight is 225 g/mol. The number of aryl methyl sites for hydroxylation is 1. The molecule has 0 radical (unpaired) electrons. The minimum atomic E-state index is 0.472. The van der Waals surface area contributed by atoms with E-state index in [0.29, 0.717) is 5.92 Å². The molecule has 0 atom stereocenters. The summed E-state index contributed by atoms with van der Waals surface area (Å²) >= 11 is 0. The number of hydrogen-bond donors (Lipinski definition) is 0. The van der Waals surface area contributed by atoms with Gasteiger partial charge in [-0.25, -0.2) is 0 Å². The third-order valence-electron chi connectivity index (χ3n) is 3.24. The lowest BCUT2D eigenvalue weighted by Gasteiger charge is -2.10. The molecule has 0 N–H and O–H groups in total. The first-order chi connectivity index (χ1) is 8.09. The van der Waals surface area contributed by atoms with Gasteiger partial charge in [0.2, 0.25) is 0 Å². The van der Waals surface area contributed by atoms with E-state index in [1.54, 1.807) is 0 Å². The van der Waals surface area contributed by atoms with Crippen LogP contribution in [0.3, 0.4) is 0 Å². The van der Waals surface area contributed by atoms with Crippen molar-refractivity contribution < 1.29 is 0 Å². The van der Waals surface area contributed by atoms with E-state index in [1.807, 2.05) is 0 Å². The van der Waals surface area contributed by atoms with E-state index >= 15 is 0 Å². The predicted octanol–water partition coefficient (Wildman–Crippen LogP) is 4.49. The summed E-state index contributed by atoms with van der Waals surface area (Å²) in [6.07, 6.45) is 0. The Morgan fingerprint density at radius 1 is 0.941 bits per heavy atom. The first-order valence-corrected chi connectivity index (χ1v) is 6.13. The maximum absolute atomic E-state index is 4.74. The largest absolute Gasteiger partial charge is 0.253 e. The lowest BCUT2D eigenvalue weighted by Crippen LogP contribution is -1.95. The third-order valence-corrected chi connectivity index (χ3v) is 3.24. The van der Waals surface area contributed by atoms with Crippen LogP contribution in [0.15, 0.2) is 36.4 Å². The van der Waals surface area contributed by atoms with Gasteiger partial charge in [-0.1, -0.05) is 38.1 Å². The number of pyridine rings is 1. The molecule has 2 aromatic rings. The number of aromatic nitrogens is 1. The molecule has 1 heterocycles. The Hall–Kier alpha value is -1.63. The van der Waals surface area contributed by atoms with Gasteiger partial charge in [0.05, 0.1) is 5.69 Å². The second-order valence-electron chi connectivity index (χ2n) is 4.85. The molecule has 1 aromatic heterocycles. The molecule has 1 aromatic carbocycles. The van der Waals surface area contributed by atoms with Crippen molar-refractivity contribution >= 4 is 0 Å². The van der Waals surface area contributed by atoms with Crippen molar-refractivity contribution in [2.75, 3.05) is 0 Å². The van der Waals surface area contributed by atoms with Crippen molar-refractivity contribution in [3.63, 3.8) is 0 Å². The van der Waals surface area contributed by atoms with Crippen molar-refractivity contribution in [2.45, 2.75) is 33.6 Å². The predicted molar refractivity (Wildman–Crippen MR) is 73.2 cm³/mol. The summed E-state index contributed by atoms with van der Waals surface area (Å²) in [5.74, 6) is 0.472. The highest BCUT2D eigenvalue weighted by Crippen LogP contribution is 2.25. The number of benzene rings is 1. The zero-order valence-corrected chi connectivity index (χ0v) is 11.0. The van der Waals surface area contributed by atoms with Crippen LogP contribution in [-0.4, -0.2) is 4.98 Å². The van der Waals surface area contributed by atoms with Gasteiger partial charge in [-0.05, 0) is 43.0 Å². The smallest absolute Gasteiger partial charge is 0.0708 e. The fourth-order valence-electron chi connectivity index (χ4n) is 1.95. The Morgan fingerprint density at radius 3 is 2.35 bits per heavy atom. The van der Waals surface area contributed by atoms with Gasteiger partial charge < -0.3 is 0 Å². The van der Waals surface area contributed by atoms with E-state index < -0.39 is 0 Å². The fraction of sp³-hybridized carbons (Fsp3) is 0.312. The minimum absolute atomic E-state index is 0.472. The molecule has 0 saturated heterocycles. The standard InChI is InChI=1S/C16H19N/c1-11(2)15-9-6-10-16(17-15)14-8-5-7-12(3)13(14)4/h5-11H,1-4H3. The van der Waals surface area contributed by atoms with Gasteiger partial charge in [0.15, 0.2) is 0 Å². The molecule has 0 fully saturated rings. The van der Waals surface area contributed by atoms with Crippen molar-refractivity contribution in [3.8, 4) is 11.3 Å². The number of rotatable bonds is 2. The van der Waals surface area contributed by atoms with Gasteiger partial charge in [0, 0.05) is 11.3 Å². The van der Waals surface area contributed by atoms with Crippen molar-refractivity contribution in [1.29, 1.82) is 0 Å². The fourth-order valence-corrected chi connectivity index (χ4v) is 1.95. The lowest BCUT2D eigenvalue weighted by atomic mass is 10.00. The van der Waals surface area contributed by atoms with Crippen LogP contribution >= 0.6 is 0 Å². The molecular formula is C16H19N. The van der Waals surface area contributed by atoms with Gasteiger partial charge in [0.1, 0.15) is 0 Å². The molecule has 0 saturated carbocycles. The summed E-state index contributed by atoms with van der Waals surface area (Å²) in [5.41, 5.74) is 6.12. The summed E-state index contributed by atoms with van der Waals surface area (Å²) < 4.78 is 0. The van der Waals surface area contributed by atoms with E-state index in [-0.39, 0.29) is 0 Å². The van der Waals surface area contributed by atoms with Crippen molar-refractivity contribution in [3.05, 3.63) is 53.2 Å². The molecule has 0 spiro atoms. The van der Waals surface area contributed by atoms with E-state index in [1.165, 1.54) is 16.7 Å². The molecule has 0 unspecified atom stereocenters. The lowest BCUT2D eigenvalue weighted by molar-refractivity contribution is 0.824. The van der Waals surface area contributed by atoms with Crippen molar-refractivity contribution in [1.82, 2.24) is 4.98 Å². The topological polar surface area (TPSA) is 12.9 Å². The summed E-state index contributed by atoms with van der Waals surface area (Å²) in [5, 5.41) is 0. The van der Waals surface area contributed by atoms with Gasteiger partial charge in [-0.3, -0.25) is 4.98 Å². The molecule has 1 heteroatoms. The zero-order valence-electron chi connectivity index (χ0n) is 11.0. The van der Waals surface area contributed by atoms with Crippen LogP contribution < -0.4 is 0 Å². The van der Waals surface area contributed by atoms with E-state index in [2.05, 4.69) is 64.1 Å². The maximum atomic E-state index is 4.74. The van der Waals surface area contributed by atoms with Crippen LogP contribution in [-0.2, 0) is 0 Å². The molecule has 88 valence electrons. The average Bonchev–Trinajstić information content (AvgIpc) is 2.33. The van der Waals surface area contributed by atoms with E-state index in [0.717, 1.165) is 11.4 Å². The minimum Gasteiger partial charge on any atom is -0.253 e. The van der Waals surface area contributed by atoms with Crippen LogP contribution in [0.4, 0.5) is 0 Å². The Labute approximate surface area is 104 Å². The summed E-state index contributed by atoms with van der Waals surface area (Å²) in [4.78, 5) is 4.74. The highest BCUT2D eigenvalue weighted by Gasteiger charge is 2.07. The second-order valence-corrected chi connectivity index (χ2v) is 4.85. The van der Waals surface area contributed by atoms with E-state index in [4.69, 9.17) is 4.98 Å². The molecule has 0 aliphatic heterocycles. The second kappa shape index (κ2) is 4.70. The van der Waals surface area contributed by atoms with Crippen LogP contribution in [0.5, 0.6) is 0 Å².